The molecule has 12 heteroatoms. The first-order chi connectivity index (χ1) is 20.2. The maximum absolute atomic E-state index is 13.6. The Balaban J connectivity index is 0.00000316. The number of nitrogens with one attached hydrogen (secondary N) is 1. The van der Waals surface area contributed by atoms with Gasteiger partial charge in [0.2, 0.25) is 0 Å². The number of nitrogens with zero attached hydrogens (tertiary/aromatic N) is 3. The second-order valence-electron chi connectivity index (χ2n) is 10.2. The SMILES string of the molecule is C.CC.CCCN(C(=O)Nc1ccc(-c2ccccc2S(C)(=O)=O)cc1)N(C(=O)OC(C)(C)C)c1cccc(/C(N)=N/O)c1. The van der Waals surface area contributed by atoms with Crippen molar-refractivity contribution in [3.63, 3.8) is 0 Å². The van der Waals surface area contributed by atoms with Gasteiger partial charge in [0.1, 0.15) is 5.60 Å². The van der Waals surface area contributed by atoms with Gasteiger partial charge in [0.25, 0.3) is 0 Å². The standard InChI is InChI=1S/C29H35N5O6S.C2H6.CH4/c1-6-18-33(34(28(36)40-29(2,3)4)23-11-9-10-21(19-23)26(30)32-37)27(35)31-22-16-14-20(15-17-22)24-12-7-8-13-25(24)41(5,38)39;1-2;/h7-17,19,37H,6,18H2,1-5H3,(H2,30,32)(H,31,35);1-2H3;1H4. The number of nitrogens with two attached hydrogens (primary N) is 1. The number of benzene rings is 3. The van der Waals surface area contributed by atoms with Crippen LogP contribution in [-0.4, -0.2) is 55.0 Å². The molecule has 0 aliphatic heterocycles. The quantitative estimate of drug-likeness (QED) is 0.109. The molecular formula is C32H45N5O6S. The van der Waals surface area contributed by atoms with E-state index in [1.54, 1.807) is 87.5 Å². The van der Waals surface area contributed by atoms with Gasteiger partial charge in [-0.1, -0.05) is 75.8 Å². The third-order valence-corrected chi connectivity index (χ3v) is 6.86. The first-order valence-corrected chi connectivity index (χ1v) is 15.7. The van der Waals surface area contributed by atoms with Crippen LogP contribution in [0.15, 0.2) is 82.8 Å². The predicted molar refractivity (Wildman–Crippen MR) is 177 cm³/mol. The Labute approximate surface area is 261 Å². The summed E-state index contributed by atoms with van der Waals surface area (Å²) in [5, 5.41) is 17.3. The van der Waals surface area contributed by atoms with Gasteiger partial charge >= 0.3 is 12.1 Å². The molecule has 44 heavy (non-hydrogen) atoms. The first-order valence-electron chi connectivity index (χ1n) is 13.8. The largest absolute Gasteiger partial charge is 0.442 e. The van der Waals surface area contributed by atoms with Crippen LogP contribution in [0.25, 0.3) is 11.1 Å². The fourth-order valence-corrected chi connectivity index (χ4v) is 4.87. The van der Waals surface area contributed by atoms with Crippen molar-refractivity contribution < 1.29 is 28.0 Å². The number of hydrogen-bond acceptors (Lipinski definition) is 7. The summed E-state index contributed by atoms with van der Waals surface area (Å²) in [6, 6.07) is 19.1. The number of amidine groups is 1. The van der Waals surface area contributed by atoms with E-state index in [0.717, 1.165) is 11.3 Å². The van der Waals surface area contributed by atoms with E-state index < -0.39 is 27.6 Å². The van der Waals surface area contributed by atoms with Crippen molar-refractivity contribution in [2.75, 3.05) is 23.1 Å². The van der Waals surface area contributed by atoms with Crippen molar-refractivity contribution in [3.8, 4) is 11.1 Å². The van der Waals surface area contributed by atoms with E-state index in [-0.39, 0.29) is 30.4 Å². The van der Waals surface area contributed by atoms with Gasteiger partial charge in [0, 0.05) is 29.6 Å². The summed E-state index contributed by atoms with van der Waals surface area (Å²) in [4.78, 5) is 27.2. The average Bonchev–Trinajstić information content (AvgIpc) is 2.96. The van der Waals surface area contributed by atoms with Crippen LogP contribution in [-0.2, 0) is 14.6 Å². The van der Waals surface area contributed by atoms with Gasteiger partial charge in [-0.25, -0.2) is 23.0 Å². The number of anilines is 2. The van der Waals surface area contributed by atoms with Gasteiger partial charge in [-0.15, -0.1) is 0 Å². The van der Waals surface area contributed by atoms with Crippen LogP contribution in [0.5, 0.6) is 0 Å². The molecule has 0 unspecified atom stereocenters. The van der Waals surface area contributed by atoms with E-state index in [2.05, 4.69) is 10.5 Å². The van der Waals surface area contributed by atoms with Gasteiger partial charge in [-0.3, -0.25) is 0 Å². The Morgan fingerprint density at radius 1 is 1.00 bits per heavy atom. The van der Waals surface area contributed by atoms with Gasteiger partial charge in [0.05, 0.1) is 10.6 Å². The van der Waals surface area contributed by atoms with Gasteiger partial charge < -0.3 is 21.0 Å². The maximum atomic E-state index is 13.6. The van der Waals surface area contributed by atoms with Crippen LogP contribution >= 0.6 is 0 Å². The van der Waals surface area contributed by atoms with Crippen LogP contribution < -0.4 is 16.1 Å². The van der Waals surface area contributed by atoms with E-state index >= 15 is 0 Å². The molecule has 0 saturated carbocycles. The molecule has 0 spiro atoms. The molecule has 0 fully saturated rings. The average molecular weight is 628 g/mol. The second kappa shape index (κ2) is 16.3. The highest BCUT2D eigenvalue weighted by Crippen LogP contribution is 2.29. The zero-order valence-corrected chi connectivity index (χ0v) is 26.5. The molecule has 240 valence electrons. The van der Waals surface area contributed by atoms with Gasteiger partial charge in [0.15, 0.2) is 15.7 Å². The number of carbonyl (C=O) groups is 2. The molecule has 3 aromatic rings. The van der Waals surface area contributed by atoms with Crippen molar-refractivity contribution in [2.45, 2.75) is 65.9 Å². The van der Waals surface area contributed by atoms with E-state index in [9.17, 15) is 18.0 Å². The molecule has 3 amide bonds. The van der Waals surface area contributed by atoms with E-state index in [0.29, 0.717) is 28.8 Å². The lowest BCUT2D eigenvalue weighted by Crippen LogP contribution is -2.53. The number of hydrogen-bond donors (Lipinski definition) is 3. The van der Waals surface area contributed by atoms with Crippen LogP contribution in [0.4, 0.5) is 21.0 Å². The Bertz CT molecular complexity index is 1530. The Kier molecular flexibility index (Phi) is 13.9. The lowest BCUT2D eigenvalue weighted by Gasteiger charge is -2.35. The number of urea groups is 1. The highest BCUT2D eigenvalue weighted by Gasteiger charge is 2.32. The summed E-state index contributed by atoms with van der Waals surface area (Å²) in [7, 11) is -3.45. The topological polar surface area (TPSA) is 155 Å². The number of ether oxygens (including phenoxy) is 1. The molecule has 0 radical (unpaired) electrons. The number of oxime groups is 1. The Morgan fingerprint density at radius 3 is 2.16 bits per heavy atom. The third-order valence-electron chi connectivity index (χ3n) is 5.71. The van der Waals surface area contributed by atoms with Crippen LogP contribution in [0, 0.1) is 0 Å². The summed E-state index contributed by atoms with van der Waals surface area (Å²) in [5.74, 6) is -0.167. The molecule has 3 rings (SSSR count). The minimum absolute atomic E-state index is 0. The molecule has 0 aliphatic rings. The summed E-state index contributed by atoms with van der Waals surface area (Å²) in [6.07, 6.45) is 0.860. The lowest BCUT2D eigenvalue weighted by molar-refractivity contribution is 0.0492. The van der Waals surface area contributed by atoms with Crippen molar-refractivity contribution in [3.05, 3.63) is 78.4 Å². The van der Waals surface area contributed by atoms with Crippen molar-refractivity contribution in [1.29, 1.82) is 0 Å². The van der Waals surface area contributed by atoms with Crippen LogP contribution in [0.1, 0.15) is 61.0 Å². The fourth-order valence-electron chi connectivity index (χ4n) is 3.96. The molecule has 0 bridgehead atoms. The summed E-state index contributed by atoms with van der Waals surface area (Å²) in [6.45, 7) is 11.1. The summed E-state index contributed by atoms with van der Waals surface area (Å²) >= 11 is 0. The predicted octanol–water partition coefficient (Wildman–Crippen LogP) is 7.11. The second-order valence-corrected chi connectivity index (χ2v) is 12.2. The minimum atomic E-state index is -3.45. The molecule has 0 aromatic heterocycles. The molecule has 0 heterocycles. The fraction of sp³-hybridized carbons (Fsp3) is 0.344. The van der Waals surface area contributed by atoms with Gasteiger partial charge in [-0.2, -0.15) is 5.01 Å². The van der Waals surface area contributed by atoms with Crippen molar-refractivity contribution >= 4 is 39.2 Å². The molecule has 4 N–H and O–H groups in total. The zero-order chi connectivity index (χ0) is 32.4. The van der Waals surface area contributed by atoms with E-state index in [1.165, 1.54) is 11.1 Å². The molecule has 0 atom stereocenters. The monoisotopic (exact) mass is 627 g/mol. The minimum Gasteiger partial charge on any atom is -0.442 e. The molecule has 3 aromatic carbocycles. The smallest absolute Gasteiger partial charge is 0.434 e. The number of carbonyl (C=O) groups excluding carboxylic acids is 2. The Morgan fingerprint density at radius 2 is 1.61 bits per heavy atom. The maximum Gasteiger partial charge on any atom is 0.434 e. The Hall–Kier alpha value is -4.58. The molecule has 0 saturated heterocycles. The summed E-state index contributed by atoms with van der Waals surface area (Å²) in [5.41, 5.74) is 7.13. The van der Waals surface area contributed by atoms with Crippen molar-refractivity contribution in [2.24, 2.45) is 10.9 Å². The summed E-state index contributed by atoms with van der Waals surface area (Å²) < 4.78 is 30.1. The number of sulfone groups is 1. The van der Waals surface area contributed by atoms with Crippen LogP contribution in [0.3, 0.4) is 0 Å². The highest BCUT2D eigenvalue weighted by atomic mass is 32.2. The first kappa shape index (κ1) is 37.4. The molecular weight excluding hydrogens is 582 g/mol. The number of amides is 3. The number of hydrazine groups is 1. The van der Waals surface area contributed by atoms with E-state index in [1.807, 2.05) is 20.8 Å². The highest BCUT2D eigenvalue weighted by molar-refractivity contribution is 7.90. The third kappa shape index (κ3) is 10.0. The molecule has 11 nitrogen and oxygen atoms in total. The zero-order valence-electron chi connectivity index (χ0n) is 25.7. The van der Waals surface area contributed by atoms with Crippen LogP contribution in [0.2, 0.25) is 0 Å². The lowest BCUT2D eigenvalue weighted by atomic mass is 10.1. The molecule has 0 aliphatic carbocycles. The van der Waals surface area contributed by atoms with E-state index in [4.69, 9.17) is 15.7 Å². The normalized spacial score (nSPS) is 11.3. The van der Waals surface area contributed by atoms with Gasteiger partial charge in [-0.05, 0) is 63.1 Å². The number of rotatable bonds is 7. The van der Waals surface area contributed by atoms with Crippen molar-refractivity contribution in [1.82, 2.24) is 5.01 Å².